The number of amides is 1. The quantitative estimate of drug-likeness (QED) is 0.850. The Hall–Kier alpha value is -2.27. The van der Waals surface area contributed by atoms with Gasteiger partial charge in [0, 0.05) is 6.08 Å². The number of benzene rings is 1. The summed E-state index contributed by atoms with van der Waals surface area (Å²) in [6.45, 7) is 5.94. The molecule has 0 saturated carbocycles. The van der Waals surface area contributed by atoms with Crippen molar-refractivity contribution in [3.05, 3.63) is 57.9 Å². The largest absolute Gasteiger partial charge is 0.462 e. The highest BCUT2D eigenvalue weighted by Crippen LogP contribution is 2.30. The van der Waals surface area contributed by atoms with Gasteiger partial charge in [-0.25, -0.2) is 4.99 Å². The van der Waals surface area contributed by atoms with Gasteiger partial charge in [-0.3, -0.25) is 4.79 Å². The molecule has 2 aromatic rings. The number of rotatable bonds is 2. The van der Waals surface area contributed by atoms with Crippen LogP contribution < -0.4 is 5.32 Å². The SMILES string of the molecule is Cc1ccc(/C=C2/SC(=Nc3cccc(C)c3C)NC2=O)o1. The van der Waals surface area contributed by atoms with Crippen LogP contribution in [0, 0.1) is 20.8 Å². The first-order valence-corrected chi connectivity index (χ1v) is 7.77. The van der Waals surface area contributed by atoms with Crippen molar-refractivity contribution in [3.63, 3.8) is 0 Å². The highest BCUT2D eigenvalue weighted by Gasteiger charge is 2.24. The number of nitrogens with zero attached hydrogens (tertiary/aromatic N) is 1. The van der Waals surface area contributed by atoms with Gasteiger partial charge in [0.15, 0.2) is 5.17 Å². The minimum atomic E-state index is -0.150. The molecule has 1 N–H and O–H groups in total. The van der Waals surface area contributed by atoms with Crippen LogP contribution >= 0.6 is 11.8 Å². The molecule has 1 amide bonds. The number of hydrogen-bond acceptors (Lipinski definition) is 4. The van der Waals surface area contributed by atoms with Crippen LogP contribution in [0.1, 0.15) is 22.6 Å². The van der Waals surface area contributed by atoms with Gasteiger partial charge in [-0.15, -0.1) is 0 Å². The molecule has 1 aliphatic rings. The summed E-state index contributed by atoms with van der Waals surface area (Å²) in [6.07, 6.45) is 1.73. The van der Waals surface area contributed by atoms with Gasteiger partial charge in [0.25, 0.3) is 5.91 Å². The Labute approximate surface area is 133 Å². The first-order chi connectivity index (χ1) is 10.5. The summed E-state index contributed by atoms with van der Waals surface area (Å²) in [5.41, 5.74) is 3.17. The van der Waals surface area contributed by atoms with Gasteiger partial charge in [-0.1, -0.05) is 12.1 Å². The van der Waals surface area contributed by atoms with Gasteiger partial charge in [-0.05, 0) is 61.9 Å². The lowest BCUT2D eigenvalue weighted by atomic mass is 10.1. The molecule has 5 heteroatoms. The molecule has 22 heavy (non-hydrogen) atoms. The van der Waals surface area contributed by atoms with Crippen LogP contribution in [0.5, 0.6) is 0 Å². The lowest BCUT2D eigenvalue weighted by molar-refractivity contribution is -0.115. The lowest BCUT2D eigenvalue weighted by Crippen LogP contribution is -2.19. The van der Waals surface area contributed by atoms with Gasteiger partial charge in [0.05, 0.1) is 10.6 Å². The van der Waals surface area contributed by atoms with Crippen LogP contribution in [0.3, 0.4) is 0 Å². The predicted octanol–water partition coefficient (Wildman–Crippen LogP) is 4.10. The molecule has 0 unspecified atom stereocenters. The van der Waals surface area contributed by atoms with Gasteiger partial charge >= 0.3 is 0 Å². The zero-order valence-corrected chi connectivity index (χ0v) is 13.5. The number of carbonyl (C=O) groups excluding carboxylic acids is 1. The molecule has 1 aromatic carbocycles. The van der Waals surface area contributed by atoms with E-state index in [0.717, 1.165) is 17.0 Å². The first-order valence-electron chi connectivity index (χ1n) is 6.95. The van der Waals surface area contributed by atoms with Gasteiger partial charge in [0.1, 0.15) is 11.5 Å². The van der Waals surface area contributed by atoms with Crippen molar-refractivity contribution < 1.29 is 9.21 Å². The van der Waals surface area contributed by atoms with Gasteiger partial charge in [0.2, 0.25) is 0 Å². The molecule has 4 nitrogen and oxygen atoms in total. The predicted molar refractivity (Wildman–Crippen MR) is 90.2 cm³/mol. The minimum Gasteiger partial charge on any atom is -0.462 e. The van der Waals surface area contributed by atoms with Crippen LogP contribution in [0.25, 0.3) is 6.08 Å². The summed E-state index contributed by atoms with van der Waals surface area (Å²) < 4.78 is 5.47. The Bertz CT molecular complexity index is 803. The number of aryl methyl sites for hydroxylation is 2. The standard InChI is InChI=1S/C17H16N2O2S/c1-10-5-4-6-14(12(10)3)18-17-19-16(20)15(22-17)9-13-8-7-11(2)21-13/h4-9H,1-3H3,(H,18,19,20)/b15-9+. The number of furan rings is 1. The summed E-state index contributed by atoms with van der Waals surface area (Å²) in [6, 6.07) is 9.67. The molecule has 1 aliphatic heterocycles. The minimum absolute atomic E-state index is 0.150. The van der Waals surface area contributed by atoms with E-state index in [1.54, 1.807) is 6.08 Å². The van der Waals surface area contributed by atoms with E-state index in [1.165, 1.54) is 17.3 Å². The smallest absolute Gasteiger partial charge is 0.264 e. The topological polar surface area (TPSA) is 54.6 Å². The van der Waals surface area contributed by atoms with Gasteiger partial charge < -0.3 is 9.73 Å². The number of aliphatic imine (C=N–C) groups is 1. The van der Waals surface area contributed by atoms with Crippen molar-refractivity contribution >= 4 is 34.6 Å². The van der Waals surface area contributed by atoms with E-state index in [1.807, 2.05) is 51.1 Å². The van der Waals surface area contributed by atoms with Crippen LogP contribution in [-0.4, -0.2) is 11.1 Å². The molecule has 0 radical (unpaired) electrons. The molecule has 0 atom stereocenters. The van der Waals surface area contributed by atoms with Crippen LogP contribution in [0.15, 0.2) is 44.6 Å². The van der Waals surface area contributed by atoms with E-state index >= 15 is 0 Å². The molecule has 1 aromatic heterocycles. The average molecular weight is 312 g/mol. The number of amidine groups is 1. The second kappa shape index (κ2) is 5.85. The third-order valence-corrected chi connectivity index (χ3v) is 4.39. The Kier molecular flexibility index (Phi) is 3.90. The van der Waals surface area contributed by atoms with E-state index in [0.29, 0.717) is 15.8 Å². The summed E-state index contributed by atoms with van der Waals surface area (Å²) >= 11 is 1.32. The monoisotopic (exact) mass is 312 g/mol. The van der Waals surface area contributed by atoms with Crippen LogP contribution in [0.4, 0.5) is 5.69 Å². The van der Waals surface area contributed by atoms with Crippen LogP contribution in [0.2, 0.25) is 0 Å². The zero-order chi connectivity index (χ0) is 15.7. The lowest BCUT2D eigenvalue weighted by Gasteiger charge is -2.04. The maximum absolute atomic E-state index is 12.0. The maximum Gasteiger partial charge on any atom is 0.264 e. The average Bonchev–Trinajstić information content (AvgIpc) is 3.02. The Morgan fingerprint density at radius 3 is 2.73 bits per heavy atom. The van der Waals surface area contributed by atoms with E-state index in [2.05, 4.69) is 10.3 Å². The fraction of sp³-hybridized carbons (Fsp3) is 0.176. The van der Waals surface area contributed by atoms with Crippen molar-refractivity contribution in [2.75, 3.05) is 0 Å². The number of carbonyl (C=O) groups is 1. The fourth-order valence-electron chi connectivity index (χ4n) is 2.11. The van der Waals surface area contributed by atoms with Crippen molar-refractivity contribution in [3.8, 4) is 0 Å². The Morgan fingerprint density at radius 1 is 1.18 bits per heavy atom. The zero-order valence-electron chi connectivity index (χ0n) is 12.6. The highest BCUT2D eigenvalue weighted by atomic mass is 32.2. The molecule has 3 rings (SSSR count). The number of thioether (sulfide) groups is 1. The van der Waals surface area contributed by atoms with E-state index in [4.69, 9.17) is 4.42 Å². The molecular weight excluding hydrogens is 296 g/mol. The molecule has 2 heterocycles. The molecule has 0 spiro atoms. The van der Waals surface area contributed by atoms with Gasteiger partial charge in [-0.2, -0.15) is 0 Å². The third-order valence-electron chi connectivity index (χ3n) is 3.48. The van der Waals surface area contributed by atoms with E-state index in [9.17, 15) is 4.79 Å². The first kappa shape index (κ1) is 14.7. The summed E-state index contributed by atoms with van der Waals surface area (Å²) in [5.74, 6) is 1.34. The normalized spacial score (nSPS) is 18.2. The molecule has 0 bridgehead atoms. The van der Waals surface area contributed by atoms with Crippen molar-refractivity contribution in [1.29, 1.82) is 0 Å². The van der Waals surface area contributed by atoms with E-state index in [-0.39, 0.29) is 5.91 Å². The summed E-state index contributed by atoms with van der Waals surface area (Å²) in [4.78, 5) is 17.1. The molecule has 1 fully saturated rings. The Balaban J connectivity index is 1.87. The molecule has 112 valence electrons. The molecular formula is C17H16N2O2S. The Morgan fingerprint density at radius 2 is 2.00 bits per heavy atom. The summed E-state index contributed by atoms with van der Waals surface area (Å²) in [5, 5.41) is 3.38. The molecule has 0 aliphatic carbocycles. The third kappa shape index (κ3) is 2.99. The second-order valence-electron chi connectivity index (χ2n) is 5.15. The van der Waals surface area contributed by atoms with Crippen LogP contribution in [-0.2, 0) is 4.79 Å². The number of hydrogen-bond donors (Lipinski definition) is 1. The van der Waals surface area contributed by atoms with Crippen molar-refractivity contribution in [2.45, 2.75) is 20.8 Å². The van der Waals surface area contributed by atoms with E-state index < -0.39 is 0 Å². The number of nitrogens with one attached hydrogen (secondary N) is 1. The van der Waals surface area contributed by atoms with Crippen molar-refractivity contribution in [1.82, 2.24) is 5.32 Å². The van der Waals surface area contributed by atoms with Crippen molar-refractivity contribution in [2.24, 2.45) is 4.99 Å². The maximum atomic E-state index is 12.0. The fourth-order valence-corrected chi connectivity index (χ4v) is 2.92. The highest BCUT2D eigenvalue weighted by molar-refractivity contribution is 8.18. The summed E-state index contributed by atoms with van der Waals surface area (Å²) in [7, 11) is 0. The molecule has 1 saturated heterocycles. The second-order valence-corrected chi connectivity index (χ2v) is 6.18.